The third-order valence-electron chi connectivity index (χ3n) is 4.59. The second-order valence-electron chi connectivity index (χ2n) is 6.53. The van der Waals surface area contributed by atoms with Crippen molar-refractivity contribution < 1.29 is 23.4 Å². The van der Waals surface area contributed by atoms with E-state index in [-0.39, 0.29) is 37.1 Å². The van der Waals surface area contributed by atoms with Crippen LogP contribution in [0.3, 0.4) is 0 Å². The molecule has 0 unspecified atom stereocenters. The summed E-state index contributed by atoms with van der Waals surface area (Å²) in [5, 5.41) is 24.0. The van der Waals surface area contributed by atoms with Crippen LogP contribution in [-0.2, 0) is 14.8 Å². The summed E-state index contributed by atoms with van der Waals surface area (Å²) in [4.78, 5) is 12.3. The Balaban J connectivity index is 1.88. The Morgan fingerprint density at radius 2 is 1.79 bits per heavy atom. The Kier molecular flexibility index (Phi) is 6.33. The number of amides is 1. The van der Waals surface area contributed by atoms with Gasteiger partial charge in [-0.25, -0.2) is 8.42 Å². The summed E-state index contributed by atoms with van der Waals surface area (Å²) < 4.78 is 26.6. The fourth-order valence-electron chi connectivity index (χ4n) is 3.20. The maximum atomic E-state index is 12.8. The Morgan fingerprint density at radius 1 is 1.10 bits per heavy atom. The van der Waals surface area contributed by atoms with Crippen LogP contribution in [0.1, 0.15) is 11.1 Å². The van der Waals surface area contributed by atoms with Crippen LogP contribution in [0.5, 0.6) is 0 Å². The van der Waals surface area contributed by atoms with Crippen molar-refractivity contribution in [2.24, 2.45) is 0 Å². The summed E-state index contributed by atoms with van der Waals surface area (Å²) in [7, 11) is -3.88. The summed E-state index contributed by atoms with van der Waals surface area (Å²) in [6.07, 6.45) is 1.55. The molecule has 1 aliphatic heterocycles. The number of nitrogens with one attached hydrogen (secondary N) is 2. The lowest BCUT2D eigenvalue weighted by Gasteiger charge is -2.20. The number of aryl methyl sites for hydroxylation is 1. The number of aliphatic hydroxyl groups excluding tert-OH is 2. The van der Waals surface area contributed by atoms with Crippen LogP contribution in [-0.4, -0.2) is 55.1 Å². The van der Waals surface area contributed by atoms with Crippen LogP contribution in [0.2, 0.25) is 0 Å². The highest BCUT2D eigenvalue weighted by atomic mass is 32.2. The van der Waals surface area contributed by atoms with Gasteiger partial charge >= 0.3 is 0 Å². The fourth-order valence-corrected chi connectivity index (χ4v) is 4.67. The van der Waals surface area contributed by atoms with Crippen molar-refractivity contribution in [2.45, 2.75) is 11.8 Å². The van der Waals surface area contributed by atoms with Gasteiger partial charge in [0, 0.05) is 36.2 Å². The summed E-state index contributed by atoms with van der Waals surface area (Å²) in [6, 6.07) is 11.8. The standard InChI is InChI=1S/C20H23N3O5S/c1-14-4-2-7-18-19(14)17(20(26)22-18)13-21-15-5-3-6-16(12-15)29(27,28)23(8-10-24)9-11-25/h2-7,12-13,21,24-25H,8-11H2,1H3,(H,22,26). The van der Waals surface area contributed by atoms with Gasteiger partial charge in [-0.3, -0.25) is 4.79 Å². The first-order chi connectivity index (χ1) is 13.9. The number of hydrogen-bond donors (Lipinski definition) is 4. The van der Waals surface area contributed by atoms with Crippen molar-refractivity contribution in [1.82, 2.24) is 4.31 Å². The van der Waals surface area contributed by atoms with Gasteiger partial charge in [-0.15, -0.1) is 0 Å². The molecule has 1 amide bonds. The van der Waals surface area contributed by atoms with E-state index in [1.165, 1.54) is 12.1 Å². The monoisotopic (exact) mass is 417 g/mol. The molecular weight excluding hydrogens is 394 g/mol. The Morgan fingerprint density at radius 3 is 2.48 bits per heavy atom. The van der Waals surface area contributed by atoms with E-state index in [2.05, 4.69) is 10.6 Å². The molecule has 2 aromatic rings. The SMILES string of the molecule is Cc1cccc2c1C(=CNc1cccc(S(=O)(=O)N(CCO)CCO)c1)C(=O)N2. The molecule has 0 aromatic heterocycles. The van der Waals surface area contributed by atoms with Crippen LogP contribution in [0.4, 0.5) is 11.4 Å². The summed E-state index contributed by atoms with van der Waals surface area (Å²) in [5.41, 5.74) is 3.46. The van der Waals surface area contributed by atoms with Crippen molar-refractivity contribution in [3.05, 3.63) is 59.8 Å². The molecule has 0 fully saturated rings. The minimum atomic E-state index is -3.88. The number of carbonyl (C=O) groups excluding carboxylic acids is 1. The minimum Gasteiger partial charge on any atom is -0.395 e. The molecule has 9 heteroatoms. The normalized spacial score (nSPS) is 14.9. The Hall–Kier alpha value is -2.72. The summed E-state index contributed by atoms with van der Waals surface area (Å²) in [6.45, 7) is 0.993. The molecule has 0 bridgehead atoms. The van der Waals surface area contributed by atoms with Gasteiger partial charge in [-0.1, -0.05) is 18.2 Å². The maximum absolute atomic E-state index is 12.8. The number of benzene rings is 2. The zero-order chi connectivity index (χ0) is 21.0. The molecule has 0 saturated heterocycles. The second kappa shape index (κ2) is 8.75. The van der Waals surface area contributed by atoms with Gasteiger partial charge < -0.3 is 20.8 Å². The predicted octanol–water partition coefficient (Wildman–Crippen LogP) is 1.38. The minimum absolute atomic E-state index is 0.0234. The van der Waals surface area contributed by atoms with E-state index < -0.39 is 10.0 Å². The zero-order valence-corrected chi connectivity index (χ0v) is 16.7. The molecule has 1 heterocycles. The van der Waals surface area contributed by atoms with Crippen LogP contribution >= 0.6 is 0 Å². The molecule has 0 saturated carbocycles. The van der Waals surface area contributed by atoms with E-state index in [4.69, 9.17) is 10.2 Å². The van der Waals surface area contributed by atoms with Crippen molar-refractivity contribution in [1.29, 1.82) is 0 Å². The number of sulfonamides is 1. The van der Waals surface area contributed by atoms with Crippen molar-refractivity contribution in [3.8, 4) is 0 Å². The molecule has 0 aliphatic carbocycles. The lowest BCUT2D eigenvalue weighted by atomic mass is 10.0. The summed E-state index contributed by atoms with van der Waals surface area (Å²) in [5.74, 6) is -0.234. The van der Waals surface area contributed by atoms with Gasteiger partial charge in [0.1, 0.15) is 0 Å². The molecule has 2 aromatic carbocycles. The van der Waals surface area contributed by atoms with Gasteiger partial charge in [0.05, 0.1) is 23.7 Å². The second-order valence-corrected chi connectivity index (χ2v) is 8.47. The van der Waals surface area contributed by atoms with Gasteiger partial charge in [-0.05, 0) is 36.8 Å². The highest BCUT2D eigenvalue weighted by molar-refractivity contribution is 7.89. The van der Waals surface area contributed by atoms with Gasteiger partial charge in [0.15, 0.2) is 0 Å². The van der Waals surface area contributed by atoms with Crippen LogP contribution in [0.25, 0.3) is 5.57 Å². The van der Waals surface area contributed by atoms with E-state index in [1.54, 1.807) is 18.3 Å². The molecule has 29 heavy (non-hydrogen) atoms. The van der Waals surface area contributed by atoms with E-state index in [1.807, 2.05) is 25.1 Å². The molecule has 154 valence electrons. The fraction of sp³-hybridized carbons (Fsp3) is 0.250. The molecule has 0 radical (unpaired) electrons. The number of aliphatic hydroxyl groups is 2. The average molecular weight is 417 g/mol. The number of anilines is 2. The number of fused-ring (bicyclic) bond motifs is 1. The van der Waals surface area contributed by atoms with Crippen LogP contribution in [0.15, 0.2) is 53.6 Å². The number of nitrogens with zero attached hydrogens (tertiary/aromatic N) is 1. The summed E-state index contributed by atoms with van der Waals surface area (Å²) >= 11 is 0. The highest BCUT2D eigenvalue weighted by Gasteiger charge is 2.26. The lowest BCUT2D eigenvalue weighted by molar-refractivity contribution is -0.110. The molecule has 3 rings (SSSR count). The topological polar surface area (TPSA) is 119 Å². The highest BCUT2D eigenvalue weighted by Crippen LogP contribution is 2.34. The quantitative estimate of drug-likeness (QED) is 0.482. The van der Waals surface area contributed by atoms with Gasteiger partial charge in [-0.2, -0.15) is 4.31 Å². The smallest absolute Gasteiger partial charge is 0.257 e. The van der Waals surface area contributed by atoms with Gasteiger partial charge in [0.25, 0.3) is 5.91 Å². The molecule has 4 N–H and O–H groups in total. The third kappa shape index (κ3) is 4.33. The van der Waals surface area contributed by atoms with Crippen molar-refractivity contribution in [2.75, 3.05) is 36.9 Å². The van der Waals surface area contributed by atoms with Gasteiger partial charge in [0.2, 0.25) is 10.0 Å². The van der Waals surface area contributed by atoms with E-state index >= 15 is 0 Å². The Bertz CT molecular complexity index is 1040. The molecule has 0 spiro atoms. The van der Waals surface area contributed by atoms with E-state index in [0.717, 1.165) is 21.1 Å². The zero-order valence-electron chi connectivity index (χ0n) is 15.9. The first-order valence-corrected chi connectivity index (χ1v) is 10.5. The Labute approximate surface area is 169 Å². The molecular formula is C20H23N3O5S. The van der Waals surface area contributed by atoms with Crippen LogP contribution in [0, 0.1) is 6.92 Å². The maximum Gasteiger partial charge on any atom is 0.257 e. The van der Waals surface area contributed by atoms with E-state index in [9.17, 15) is 13.2 Å². The first-order valence-electron chi connectivity index (χ1n) is 9.08. The molecule has 0 atom stereocenters. The average Bonchev–Trinajstić information content (AvgIpc) is 3.03. The third-order valence-corrected chi connectivity index (χ3v) is 6.48. The first kappa shape index (κ1) is 21.0. The molecule has 8 nitrogen and oxygen atoms in total. The lowest BCUT2D eigenvalue weighted by Crippen LogP contribution is -2.35. The number of carbonyl (C=O) groups is 1. The van der Waals surface area contributed by atoms with Crippen molar-refractivity contribution in [3.63, 3.8) is 0 Å². The largest absolute Gasteiger partial charge is 0.395 e. The predicted molar refractivity (Wildman–Crippen MR) is 111 cm³/mol. The van der Waals surface area contributed by atoms with E-state index in [0.29, 0.717) is 11.3 Å². The van der Waals surface area contributed by atoms with Crippen LogP contribution < -0.4 is 10.6 Å². The molecule has 1 aliphatic rings. The van der Waals surface area contributed by atoms with Crippen molar-refractivity contribution >= 4 is 32.9 Å². The number of rotatable bonds is 8. The number of hydrogen-bond acceptors (Lipinski definition) is 6.